The van der Waals surface area contributed by atoms with Gasteiger partial charge < -0.3 is 20.1 Å². The Morgan fingerprint density at radius 2 is 1.12 bits per heavy atom. The summed E-state index contributed by atoms with van der Waals surface area (Å²) in [5, 5.41) is 12.7. The molecule has 0 saturated heterocycles. The number of aromatic nitrogens is 1. The molecule has 8 aromatic carbocycles. The summed E-state index contributed by atoms with van der Waals surface area (Å²) in [6, 6.07) is 75.2. The Labute approximate surface area is 397 Å². The van der Waals surface area contributed by atoms with Crippen molar-refractivity contribution < 1.29 is 0 Å². The van der Waals surface area contributed by atoms with Gasteiger partial charge in [0.1, 0.15) is 6.17 Å². The second kappa shape index (κ2) is 16.7. The maximum Gasteiger partial charge on any atom is 0.104 e. The Bertz CT molecular complexity index is 3540. The van der Waals surface area contributed by atoms with Gasteiger partial charge in [-0.1, -0.05) is 194 Å². The van der Waals surface area contributed by atoms with Crippen LogP contribution in [0.2, 0.25) is 0 Å². The minimum atomic E-state index is -0.0638. The largest absolute Gasteiger partial charge is 0.374 e. The molecular weight excluding hydrogens is 827 g/mol. The van der Waals surface area contributed by atoms with Gasteiger partial charge in [0.15, 0.2) is 0 Å². The molecule has 13 rings (SSSR count). The minimum absolute atomic E-state index is 0.0638. The van der Waals surface area contributed by atoms with E-state index < -0.39 is 0 Å². The standard InChI is InChI=1S/C63H47N5/c1-3-16-44(17-4-1)56-41-57(45-18-5-2-6-19-45)66-63(65-56)47-32-30-42(31-33-47)43-34-37-49(38-35-43)67-58-27-12-8-23-51(58)61-52-24-9-13-28-59(52)68(62(61)53-25-10-14-29-60(53)67)50-22-15-21-48(40-50)55-39-36-46-20-7-11-26-54(46)64-55/h1-41,54,56,63-66H. The molecule has 4 aliphatic rings. The second-order valence-corrected chi connectivity index (χ2v) is 17.9. The molecule has 3 aliphatic heterocycles. The predicted molar refractivity (Wildman–Crippen MR) is 282 cm³/mol. The average molecular weight is 874 g/mol. The van der Waals surface area contributed by atoms with Crippen LogP contribution in [-0.2, 0) is 0 Å². The van der Waals surface area contributed by atoms with Gasteiger partial charge in [0, 0.05) is 44.8 Å². The predicted octanol–water partition coefficient (Wildman–Crippen LogP) is 14.8. The fraction of sp³-hybridized carbons (Fsp3) is 0.0476. The molecule has 0 radical (unpaired) electrons. The number of dihydropyridines is 1. The quantitative estimate of drug-likeness (QED) is 0.149. The zero-order chi connectivity index (χ0) is 45.0. The van der Waals surface area contributed by atoms with Crippen molar-refractivity contribution in [2.75, 3.05) is 4.90 Å². The summed E-state index contributed by atoms with van der Waals surface area (Å²) in [6.45, 7) is 0. The van der Waals surface area contributed by atoms with Crippen molar-refractivity contribution in [3.05, 3.63) is 277 Å². The first-order valence-corrected chi connectivity index (χ1v) is 23.5. The number of hydrogen-bond acceptors (Lipinski definition) is 4. The van der Waals surface area contributed by atoms with E-state index in [-0.39, 0.29) is 18.2 Å². The summed E-state index contributed by atoms with van der Waals surface area (Å²) < 4.78 is 2.48. The van der Waals surface area contributed by atoms with E-state index in [4.69, 9.17) is 0 Å². The summed E-state index contributed by atoms with van der Waals surface area (Å²) in [5.74, 6) is 0. The lowest BCUT2D eigenvalue weighted by atomic mass is 9.96. The molecule has 5 heteroatoms. The molecule has 0 amide bonds. The Morgan fingerprint density at radius 1 is 0.441 bits per heavy atom. The summed E-state index contributed by atoms with van der Waals surface area (Å²) >= 11 is 0. The van der Waals surface area contributed by atoms with Crippen molar-refractivity contribution in [2.45, 2.75) is 18.2 Å². The van der Waals surface area contributed by atoms with E-state index in [1.807, 2.05) is 0 Å². The molecule has 1 aliphatic carbocycles. The van der Waals surface area contributed by atoms with E-state index in [1.54, 1.807) is 0 Å². The van der Waals surface area contributed by atoms with Crippen LogP contribution in [-0.4, -0.2) is 10.6 Å². The maximum absolute atomic E-state index is 3.86. The van der Waals surface area contributed by atoms with E-state index in [0.29, 0.717) is 0 Å². The highest BCUT2D eigenvalue weighted by atomic mass is 15.2. The molecule has 0 bridgehead atoms. The molecule has 0 spiro atoms. The zero-order valence-electron chi connectivity index (χ0n) is 37.3. The Balaban J connectivity index is 0.860. The van der Waals surface area contributed by atoms with Crippen LogP contribution in [0, 0.1) is 0 Å². The normalized spacial score (nSPS) is 17.9. The van der Waals surface area contributed by atoms with Crippen molar-refractivity contribution in [1.82, 2.24) is 20.5 Å². The SMILES string of the molecule is C1=CC2=CC=C(c3cccc(-n4c5c(c6ccccc64)-c4ccccc4N(c4ccc(-c6ccc(C7NC(c8ccccc8)=CC(c8ccccc8)N7)cc6)cc4)c4ccccc4-5)c3)NC2C=C1. The first-order valence-electron chi connectivity index (χ1n) is 23.5. The third-order valence-electron chi connectivity index (χ3n) is 13.8. The van der Waals surface area contributed by atoms with Crippen molar-refractivity contribution in [2.24, 2.45) is 0 Å². The van der Waals surface area contributed by atoms with Gasteiger partial charge in [-0.3, -0.25) is 5.32 Å². The maximum atomic E-state index is 3.86. The van der Waals surface area contributed by atoms with Crippen molar-refractivity contribution in [3.63, 3.8) is 0 Å². The van der Waals surface area contributed by atoms with Crippen LogP contribution < -0.4 is 20.9 Å². The van der Waals surface area contributed by atoms with Gasteiger partial charge in [-0.05, 0) is 93.6 Å². The van der Waals surface area contributed by atoms with Crippen LogP contribution in [0.15, 0.2) is 254 Å². The van der Waals surface area contributed by atoms with Gasteiger partial charge in [-0.25, -0.2) is 0 Å². The lowest BCUT2D eigenvalue weighted by Crippen LogP contribution is -2.39. The third-order valence-corrected chi connectivity index (χ3v) is 13.8. The fourth-order valence-electron chi connectivity index (χ4n) is 10.6. The molecule has 3 unspecified atom stereocenters. The molecule has 68 heavy (non-hydrogen) atoms. The molecule has 5 nitrogen and oxygen atoms in total. The number of anilines is 3. The number of allylic oxidation sites excluding steroid dienone is 4. The van der Waals surface area contributed by atoms with E-state index >= 15 is 0 Å². The number of nitrogens with one attached hydrogen (secondary N) is 3. The number of hydrogen-bond donors (Lipinski definition) is 3. The van der Waals surface area contributed by atoms with Gasteiger partial charge in [-0.2, -0.15) is 0 Å². The Hall–Kier alpha value is -8.64. The molecule has 1 aromatic heterocycles. The fourth-order valence-corrected chi connectivity index (χ4v) is 10.6. The van der Waals surface area contributed by atoms with Gasteiger partial charge >= 0.3 is 0 Å². The van der Waals surface area contributed by atoms with Crippen molar-refractivity contribution >= 4 is 39.4 Å². The molecule has 0 fully saturated rings. The number of benzene rings is 8. The number of para-hydroxylation sites is 3. The zero-order valence-corrected chi connectivity index (χ0v) is 37.3. The Morgan fingerprint density at radius 3 is 1.93 bits per heavy atom. The van der Waals surface area contributed by atoms with Crippen molar-refractivity contribution in [3.8, 4) is 39.2 Å². The van der Waals surface area contributed by atoms with Crippen LogP contribution in [0.1, 0.15) is 34.5 Å². The summed E-state index contributed by atoms with van der Waals surface area (Å²) in [4.78, 5) is 2.45. The molecule has 3 atom stereocenters. The molecule has 0 saturated carbocycles. The first kappa shape index (κ1) is 39.7. The molecular formula is C63H47N5. The van der Waals surface area contributed by atoms with E-state index in [0.717, 1.165) is 39.7 Å². The van der Waals surface area contributed by atoms with Crippen LogP contribution in [0.4, 0.5) is 17.1 Å². The Kier molecular flexibility index (Phi) is 9.73. The van der Waals surface area contributed by atoms with E-state index in [2.05, 4.69) is 274 Å². The molecule has 9 aromatic rings. The van der Waals surface area contributed by atoms with Crippen LogP contribution in [0.25, 0.3) is 61.5 Å². The van der Waals surface area contributed by atoms with E-state index in [9.17, 15) is 0 Å². The van der Waals surface area contributed by atoms with Gasteiger partial charge in [-0.15, -0.1) is 0 Å². The summed E-state index contributed by atoms with van der Waals surface area (Å²) in [5.41, 5.74) is 21.1. The van der Waals surface area contributed by atoms with Gasteiger partial charge in [0.05, 0.1) is 34.7 Å². The molecule has 324 valence electrons. The lowest BCUT2D eigenvalue weighted by Gasteiger charge is -2.33. The molecule has 3 N–H and O–H groups in total. The summed E-state index contributed by atoms with van der Waals surface area (Å²) in [6.07, 6.45) is 15.3. The van der Waals surface area contributed by atoms with Gasteiger partial charge in [0.25, 0.3) is 0 Å². The van der Waals surface area contributed by atoms with E-state index in [1.165, 1.54) is 66.7 Å². The lowest BCUT2D eigenvalue weighted by molar-refractivity contribution is 0.443. The highest BCUT2D eigenvalue weighted by molar-refractivity contribution is 6.13. The smallest absolute Gasteiger partial charge is 0.104 e. The monoisotopic (exact) mass is 873 g/mol. The highest BCUT2D eigenvalue weighted by Gasteiger charge is 2.32. The van der Waals surface area contributed by atoms with Crippen molar-refractivity contribution in [1.29, 1.82) is 0 Å². The van der Waals surface area contributed by atoms with Gasteiger partial charge in [0.2, 0.25) is 0 Å². The van der Waals surface area contributed by atoms with Crippen LogP contribution in [0.3, 0.4) is 0 Å². The number of rotatable bonds is 7. The number of nitrogens with zero attached hydrogens (tertiary/aromatic N) is 2. The summed E-state index contributed by atoms with van der Waals surface area (Å²) in [7, 11) is 0. The first-order chi connectivity index (χ1) is 33.7. The second-order valence-electron chi connectivity index (χ2n) is 17.9. The highest BCUT2D eigenvalue weighted by Crippen LogP contribution is 2.54. The topological polar surface area (TPSA) is 44.3 Å². The minimum Gasteiger partial charge on any atom is -0.374 e. The van der Waals surface area contributed by atoms with Crippen LogP contribution in [0.5, 0.6) is 0 Å². The molecule has 4 heterocycles. The average Bonchev–Trinajstić information content (AvgIpc) is 3.70. The van der Waals surface area contributed by atoms with Crippen LogP contribution >= 0.6 is 0 Å². The number of fused-ring (bicyclic) bond motifs is 8. The third kappa shape index (κ3) is 6.91.